The van der Waals surface area contributed by atoms with Crippen LogP contribution in [0.4, 0.5) is 0 Å². The standard InChI is InChI=1S/C9H16N2O3/c1-6(12)8-10-7(14-11-8)5-13-9(2,3)4/h6,12H,5H2,1-4H3. The second-order valence-electron chi connectivity index (χ2n) is 4.12. The Morgan fingerprint density at radius 2 is 2.14 bits per heavy atom. The predicted molar refractivity (Wildman–Crippen MR) is 49.5 cm³/mol. The second kappa shape index (κ2) is 4.06. The predicted octanol–water partition coefficient (Wildman–Crippen LogP) is 1.44. The minimum Gasteiger partial charge on any atom is -0.385 e. The molecule has 14 heavy (non-hydrogen) atoms. The molecule has 0 aliphatic rings. The molecule has 1 rings (SSSR count). The summed E-state index contributed by atoms with van der Waals surface area (Å²) in [5, 5.41) is 12.7. The summed E-state index contributed by atoms with van der Waals surface area (Å²) in [6.07, 6.45) is -0.706. The quantitative estimate of drug-likeness (QED) is 0.799. The molecule has 0 spiro atoms. The topological polar surface area (TPSA) is 68.4 Å². The first-order chi connectivity index (χ1) is 6.38. The van der Waals surface area contributed by atoms with E-state index in [-0.39, 0.29) is 18.0 Å². The third-order valence-corrected chi connectivity index (χ3v) is 1.49. The van der Waals surface area contributed by atoms with Gasteiger partial charge in [0.2, 0.25) is 0 Å². The molecule has 0 bridgehead atoms. The smallest absolute Gasteiger partial charge is 0.252 e. The maximum atomic E-state index is 9.14. The summed E-state index contributed by atoms with van der Waals surface area (Å²) in [5.74, 6) is 0.674. The van der Waals surface area contributed by atoms with Crippen molar-refractivity contribution in [1.82, 2.24) is 10.1 Å². The summed E-state index contributed by atoms with van der Waals surface area (Å²) >= 11 is 0. The fourth-order valence-corrected chi connectivity index (χ4v) is 0.775. The van der Waals surface area contributed by atoms with Crippen LogP contribution in [-0.2, 0) is 11.3 Å². The zero-order valence-electron chi connectivity index (χ0n) is 8.94. The van der Waals surface area contributed by atoms with E-state index in [0.717, 1.165) is 0 Å². The Morgan fingerprint density at radius 3 is 2.57 bits per heavy atom. The van der Waals surface area contributed by atoms with Crippen LogP contribution >= 0.6 is 0 Å². The average molecular weight is 200 g/mol. The summed E-state index contributed by atoms with van der Waals surface area (Å²) in [6.45, 7) is 7.68. The Bertz CT molecular complexity index is 288. The van der Waals surface area contributed by atoms with Gasteiger partial charge in [0.15, 0.2) is 5.82 Å². The first-order valence-electron chi connectivity index (χ1n) is 4.53. The van der Waals surface area contributed by atoms with Crippen LogP contribution in [0.2, 0.25) is 0 Å². The number of nitrogens with zero attached hydrogens (tertiary/aromatic N) is 2. The van der Waals surface area contributed by atoms with Gasteiger partial charge in [-0.2, -0.15) is 4.98 Å². The van der Waals surface area contributed by atoms with Crippen LogP contribution in [0.15, 0.2) is 4.52 Å². The number of ether oxygens (including phenoxy) is 1. The van der Waals surface area contributed by atoms with E-state index in [9.17, 15) is 0 Å². The maximum absolute atomic E-state index is 9.14. The lowest BCUT2D eigenvalue weighted by Crippen LogP contribution is -2.18. The second-order valence-corrected chi connectivity index (χ2v) is 4.12. The number of aliphatic hydroxyl groups is 1. The zero-order chi connectivity index (χ0) is 10.8. The molecule has 0 aliphatic carbocycles. The summed E-state index contributed by atoms with van der Waals surface area (Å²) in [4.78, 5) is 3.96. The number of aliphatic hydroxyl groups excluding tert-OH is 1. The summed E-state index contributed by atoms with van der Waals surface area (Å²) in [5.41, 5.74) is -0.237. The van der Waals surface area contributed by atoms with Crippen molar-refractivity contribution in [3.63, 3.8) is 0 Å². The van der Waals surface area contributed by atoms with E-state index in [0.29, 0.717) is 5.89 Å². The van der Waals surface area contributed by atoms with Crippen molar-refractivity contribution in [3.05, 3.63) is 11.7 Å². The summed E-state index contributed by atoms with van der Waals surface area (Å²) < 4.78 is 10.3. The lowest BCUT2D eigenvalue weighted by atomic mass is 10.2. The van der Waals surface area contributed by atoms with Gasteiger partial charge in [-0.05, 0) is 27.7 Å². The molecule has 5 nitrogen and oxygen atoms in total. The molecule has 1 atom stereocenters. The molecule has 0 saturated heterocycles. The van der Waals surface area contributed by atoms with Crippen LogP contribution in [0.25, 0.3) is 0 Å². The zero-order valence-corrected chi connectivity index (χ0v) is 8.94. The van der Waals surface area contributed by atoms with Crippen molar-refractivity contribution >= 4 is 0 Å². The average Bonchev–Trinajstić information content (AvgIpc) is 2.47. The number of aromatic nitrogens is 2. The van der Waals surface area contributed by atoms with Gasteiger partial charge in [-0.25, -0.2) is 0 Å². The van der Waals surface area contributed by atoms with Crippen LogP contribution in [0.3, 0.4) is 0 Å². The SMILES string of the molecule is CC(O)c1noc(COC(C)(C)C)n1. The molecular formula is C9H16N2O3. The molecule has 0 aliphatic heterocycles. The van der Waals surface area contributed by atoms with E-state index in [4.69, 9.17) is 14.4 Å². The molecule has 0 fully saturated rings. The minimum absolute atomic E-state index is 0.237. The molecule has 0 saturated carbocycles. The highest BCUT2D eigenvalue weighted by atomic mass is 16.5. The van der Waals surface area contributed by atoms with Crippen molar-refractivity contribution in [2.45, 2.75) is 46.0 Å². The lowest BCUT2D eigenvalue weighted by Gasteiger charge is -2.17. The highest BCUT2D eigenvalue weighted by molar-refractivity contribution is 4.87. The fourth-order valence-electron chi connectivity index (χ4n) is 0.775. The van der Waals surface area contributed by atoms with Gasteiger partial charge < -0.3 is 14.4 Å². The van der Waals surface area contributed by atoms with Crippen LogP contribution in [0.1, 0.15) is 45.5 Å². The monoisotopic (exact) mass is 200 g/mol. The molecular weight excluding hydrogens is 184 g/mol. The third kappa shape index (κ3) is 3.43. The number of rotatable bonds is 3. The van der Waals surface area contributed by atoms with E-state index in [1.807, 2.05) is 20.8 Å². The van der Waals surface area contributed by atoms with E-state index >= 15 is 0 Å². The van der Waals surface area contributed by atoms with Gasteiger partial charge >= 0.3 is 0 Å². The third-order valence-electron chi connectivity index (χ3n) is 1.49. The molecule has 0 radical (unpaired) electrons. The van der Waals surface area contributed by atoms with Gasteiger partial charge in [-0.1, -0.05) is 5.16 Å². The molecule has 1 heterocycles. The first kappa shape index (κ1) is 11.1. The van der Waals surface area contributed by atoms with Crippen LogP contribution in [0, 0.1) is 0 Å². The number of hydrogen-bond donors (Lipinski definition) is 1. The maximum Gasteiger partial charge on any atom is 0.252 e. The molecule has 1 unspecified atom stereocenters. The Kier molecular flexibility index (Phi) is 3.23. The normalized spacial score (nSPS) is 14.4. The largest absolute Gasteiger partial charge is 0.385 e. The van der Waals surface area contributed by atoms with Gasteiger partial charge in [0.1, 0.15) is 12.7 Å². The van der Waals surface area contributed by atoms with E-state index < -0.39 is 6.10 Å². The van der Waals surface area contributed by atoms with Crippen molar-refractivity contribution in [1.29, 1.82) is 0 Å². The molecule has 80 valence electrons. The first-order valence-corrected chi connectivity index (χ1v) is 4.53. The van der Waals surface area contributed by atoms with E-state index in [2.05, 4.69) is 10.1 Å². The summed E-state index contributed by atoms with van der Waals surface area (Å²) in [7, 11) is 0. The van der Waals surface area contributed by atoms with Gasteiger partial charge in [0.05, 0.1) is 5.60 Å². The minimum atomic E-state index is -0.706. The molecule has 0 amide bonds. The lowest BCUT2D eigenvalue weighted by molar-refractivity contribution is -0.0260. The van der Waals surface area contributed by atoms with Gasteiger partial charge in [0.25, 0.3) is 5.89 Å². The Labute approximate surface area is 83.1 Å². The Balaban J connectivity index is 2.52. The highest BCUT2D eigenvalue weighted by Gasteiger charge is 2.15. The Hall–Kier alpha value is -0.940. The highest BCUT2D eigenvalue weighted by Crippen LogP contribution is 2.12. The van der Waals surface area contributed by atoms with E-state index in [1.54, 1.807) is 6.92 Å². The van der Waals surface area contributed by atoms with Crippen molar-refractivity contribution < 1.29 is 14.4 Å². The number of hydrogen-bond acceptors (Lipinski definition) is 5. The van der Waals surface area contributed by atoms with Crippen LogP contribution in [0.5, 0.6) is 0 Å². The van der Waals surface area contributed by atoms with Crippen molar-refractivity contribution in [3.8, 4) is 0 Å². The Morgan fingerprint density at radius 1 is 1.50 bits per heavy atom. The van der Waals surface area contributed by atoms with Gasteiger partial charge in [-0.15, -0.1) is 0 Å². The van der Waals surface area contributed by atoms with E-state index in [1.165, 1.54) is 0 Å². The summed E-state index contributed by atoms with van der Waals surface area (Å²) in [6, 6.07) is 0. The molecule has 0 aromatic carbocycles. The van der Waals surface area contributed by atoms with Crippen LogP contribution in [-0.4, -0.2) is 20.8 Å². The van der Waals surface area contributed by atoms with Gasteiger partial charge in [0, 0.05) is 0 Å². The van der Waals surface area contributed by atoms with Crippen molar-refractivity contribution in [2.24, 2.45) is 0 Å². The van der Waals surface area contributed by atoms with Gasteiger partial charge in [-0.3, -0.25) is 0 Å². The van der Waals surface area contributed by atoms with Crippen molar-refractivity contribution in [2.75, 3.05) is 0 Å². The fraction of sp³-hybridized carbons (Fsp3) is 0.778. The molecule has 1 N–H and O–H groups in total. The molecule has 1 aromatic rings. The van der Waals surface area contributed by atoms with Crippen LogP contribution < -0.4 is 0 Å². The molecule has 5 heteroatoms. The molecule has 1 aromatic heterocycles.